The second kappa shape index (κ2) is 9.66. The molecule has 1 fully saturated rings. The normalized spacial score (nSPS) is 13.2. The molecule has 0 saturated heterocycles. The second-order valence-corrected chi connectivity index (χ2v) is 8.65. The number of aromatic amines is 1. The number of carbonyl (C=O) groups is 1. The SMILES string of the molecule is CC(C)C(=O)NCc1ccc(Cl)c(-c2nc(-c3ncc(OCC4CC4)cn3)cc(=O)[nH]2)c1F. The lowest BCUT2D eigenvalue weighted by molar-refractivity contribution is -0.124. The Morgan fingerprint density at radius 2 is 2.03 bits per heavy atom. The molecule has 0 spiro atoms. The minimum atomic E-state index is -0.684. The summed E-state index contributed by atoms with van der Waals surface area (Å²) >= 11 is 6.25. The van der Waals surface area contributed by atoms with Crippen LogP contribution in [0.2, 0.25) is 5.02 Å². The summed E-state index contributed by atoms with van der Waals surface area (Å²) in [6, 6.07) is 4.20. The zero-order valence-electron chi connectivity index (χ0n) is 18.2. The second-order valence-electron chi connectivity index (χ2n) is 8.24. The number of ether oxygens (including phenoxy) is 1. The van der Waals surface area contributed by atoms with Crippen molar-refractivity contribution < 1.29 is 13.9 Å². The molecule has 0 bridgehead atoms. The summed E-state index contributed by atoms with van der Waals surface area (Å²) < 4.78 is 20.9. The van der Waals surface area contributed by atoms with E-state index in [4.69, 9.17) is 16.3 Å². The first-order valence-electron chi connectivity index (χ1n) is 10.6. The molecule has 172 valence electrons. The summed E-state index contributed by atoms with van der Waals surface area (Å²) in [6.07, 6.45) is 5.36. The first kappa shape index (κ1) is 22.8. The van der Waals surface area contributed by atoms with Gasteiger partial charge >= 0.3 is 0 Å². The van der Waals surface area contributed by atoms with Gasteiger partial charge in [0.15, 0.2) is 11.6 Å². The molecule has 1 aromatic carbocycles. The fourth-order valence-corrected chi connectivity index (χ4v) is 3.28. The molecule has 10 heteroatoms. The third-order valence-electron chi connectivity index (χ3n) is 5.17. The zero-order chi connectivity index (χ0) is 23.5. The lowest BCUT2D eigenvalue weighted by Crippen LogP contribution is -2.27. The number of nitrogens with zero attached hydrogens (tertiary/aromatic N) is 3. The molecule has 0 aliphatic heterocycles. The minimum absolute atomic E-state index is 0.0254. The van der Waals surface area contributed by atoms with Gasteiger partial charge in [-0.25, -0.2) is 19.3 Å². The summed E-state index contributed by atoms with van der Waals surface area (Å²) in [5, 5.41) is 2.73. The van der Waals surface area contributed by atoms with Crippen LogP contribution in [0.1, 0.15) is 32.3 Å². The molecule has 8 nitrogen and oxygen atoms in total. The van der Waals surface area contributed by atoms with Crippen LogP contribution in [0.4, 0.5) is 4.39 Å². The van der Waals surface area contributed by atoms with Crippen molar-refractivity contribution in [1.29, 1.82) is 0 Å². The number of H-pyrrole nitrogens is 1. The number of aromatic nitrogens is 4. The van der Waals surface area contributed by atoms with Crippen molar-refractivity contribution in [3.63, 3.8) is 0 Å². The van der Waals surface area contributed by atoms with Gasteiger partial charge in [-0.15, -0.1) is 0 Å². The van der Waals surface area contributed by atoms with E-state index in [-0.39, 0.29) is 51.9 Å². The molecule has 0 atom stereocenters. The van der Waals surface area contributed by atoms with E-state index in [0.29, 0.717) is 18.3 Å². The Labute approximate surface area is 194 Å². The number of hydrogen-bond donors (Lipinski definition) is 2. The highest BCUT2D eigenvalue weighted by atomic mass is 35.5. The van der Waals surface area contributed by atoms with Crippen molar-refractivity contribution in [2.24, 2.45) is 11.8 Å². The standard InChI is InChI=1S/C23H23ClFN5O3/c1-12(2)23(32)28-8-14-5-6-16(24)19(20(14)25)22-29-17(7-18(31)30-22)21-26-9-15(10-27-21)33-11-13-3-4-13/h5-7,9-10,12-13H,3-4,8,11H2,1-2H3,(H,28,32)(H,29,30,31). The summed E-state index contributed by atoms with van der Waals surface area (Å²) in [7, 11) is 0. The summed E-state index contributed by atoms with van der Waals surface area (Å²) in [6.45, 7) is 4.09. The highest BCUT2D eigenvalue weighted by molar-refractivity contribution is 6.33. The van der Waals surface area contributed by atoms with Gasteiger partial charge in [-0.2, -0.15) is 0 Å². The maximum absolute atomic E-state index is 15.3. The molecule has 1 aliphatic rings. The van der Waals surface area contributed by atoms with E-state index in [1.54, 1.807) is 13.8 Å². The number of halogens is 2. The van der Waals surface area contributed by atoms with Crippen molar-refractivity contribution in [2.45, 2.75) is 33.2 Å². The number of hydrogen-bond acceptors (Lipinski definition) is 6. The van der Waals surface area contributed by atoms with Crippen LogP contribution in [0.5, 0.6) is 5.75 Å². The van der Waals surface area contributed by atoms with Crippen molar-refractivity contribution >= 4 is 17.5 Å². The van der Waals surface area contributed by atoms with Crippen molar-refractivity contribution in [2.75, 3.05) is 6.61 Å². The maximum atomic E-state index is 15.3. The molecule has 3 aromatic rings. The average Bonchev–Trinajstić information content (AvgIpc) is 3.61. The highest BCUT2D eigenvalue weighted by Gasteiger charge is 2.22. The van der Waals surface area contributed by atoms with Gasteiger partial charge in [-0.3, -0.25) is 9.59 Å². The molecule has 4 rings (SSSR count). The number of nitrogens with one attached hydrogen (secondary N) is 2. The van der Waals surface area contributed by atoms with Crippen molar-refractivity contribution in [1.82, 2.24) is 25.3 Å². The Hall–Kier alpha value is -3.33. The van der Waals surface area contributed by atoms with Gasteiger partial charge in [0.05, 0.1) is 29.6 Å². The van der Waals surface area contributed by atoms with Gasteiger partial charge in [-0.1, -0.05) is 31.5 Å². The van der Waals surface area contributed by atoms with Crippen LogP contribution in [0.25, 0.3) is 22.9 Å². The topological polar surface area (TPSA) is 110 Å². The summed E-state index contributed by atoms with van der Waals surface area (Å²) in [4.78, 5) is 39.5. The molecule has 0 radical (unpaired) electrons. The third-order valence-corrected chi connectivity index (χ3v) is 5.48. The van der Waals surface area contributed by atoms with E-state index in [2.05, 4.69) is 25.3 Å². The predicted molar refractivity (Wildman–Crippen MR) is 121 cm³/mol. The van der Waals surface area contributed by atoms with Crippen LogP contribution >= 0.6 is 11.6 Å². The van der Waals surface area contributed by atoms with Gasteiger partial charge < -0.3 is 15.0 Å². The van der Waals surface area contributed by atoms with Gasteiger partial charge in [-0.05, 0) is 24.8 Å². The van der Waals surface area contributed by atoms with E-state index in [1.165, 1.54) is 43.4 Å². The van der Waals surface area contributed by atoms with Crippen molar-refractivity contribution in [3.05, 3.63) is 57.3 Å². The van der Waals surface area contributed by atoms with E-state index >= 15 is 4.39 Å². The molecule has 1 aliphatic carbocycles. The van der Waals surface area contributed by atoms with Gasteiger partial charge in [0.1, 0.15) is 17.3 Å². The van der Waals surface area contributed by atoms with E-state index in [1.807, 2.05) is 0 Å². The molecular weight excluding hydrogens is 449 g/mol. The Bertz CT molecular complexity index is 1230. The van der Waals surface area contributed by atoms with Crippen LogP contribution in [-0.2, 0) is 11.3 Å². The quantitative estimate of drug-likeness (QED) is 0.517. The summed E-state index contributed by atoms with van der Waals surface area (Å²) in [5.41, 5.74) is -0.209. The van der Waals surface area contributed by atoms with Crippen LogP contribution in [0.3, 0.4) is 0 Å². The van der Waals surface area contributed by atoms with Crippen LogP contribution in [0, 0.1) is 17.7 Å². The fourth-order valence-electron chi connectivity index (χ4n) is 3.05. The van der Waals surface area contributed by atoms with Gasteiger partial charge in [0.2, 0.25) is 5.91 Å². The Morgan fingerprint density at radius 3 is 2.70 bits per heavy atom. The molecule has 2 heterocycles. The average molecular weight is 472 g/mol. The molecule has 1 amide bonds. The molecular formula is C23H23ClFN5O3. The fraction of sp³-hybridized carbons (Fsp3) is 0.348. The Morgan fingerprint density at radius 1 is 1.30 bits per heavy atom. The smallest absolute Gasteiger partial charge is 0.251 e. The molecule has 33 heavy (non-hydrogen) atoms. The lowest BCUT2D eigenvalue weighted by Gasteiger charge is -2.12. The monoisotopic (exact) mass is 471 g/mol. The Kier molecular flexibility index (Phi) is 6.69. The van der Waals surface area contributed by atoms with Crippen LogP contribution < -0.4 is 15.6 Å². The Balaban J connectivity index is 1.62. The molecule has 0 unspecified atom stereocenters. The van der Waals surface area contributed by atoms with Crippen molar-refractivity contribution in [3.8, 4) is 28.7 Å². The van der Waals surface area contributed by atoms with Gasteiger partial charge in [0, 0.05) is 24.1 Å². The molecule has 1 saturated carbocycles. The molecule has 2 N–H and O–H groups in total. The van der Waals surface area contributed by atoms with Crippen LogP contribution in [-0.4, -0.2) is 32.4 Å². The predicted octanol–water partition coefficient (Wildman–Crippen LogP) is 3.75. The number of benzene rings is 1. The maximum Gasteiger partial charge on any atom is 0.251 e. The largest absolute Gasteiger partial charge is 0.490 e. The highest BCUT2D eigenvalue weighted by Crippen LogP contribution is 2.31. The minimum Gasteiger partial charge on any atom is -0.490 e. The number of carbonyl (C=O) groups excluding carboxylic acids is 1. The van der Waals surface area contributed by atoms with Gasteiger partial charge in [0.25, 0.3) is 5.56 Å². The van der Waals surface area contributed by atoms with E-state index in [0.717, 1.165) is 0 Å². The number of rotatable bonds is 8. The van der Waals surface area contributed by atoms with E-state index in [9.17, 15) is 9.59 Å². The molecule has 2 aromatic heterocycles. The number of amides is 1. The van der Waals surface area contributed by atoms with Crippen LogP contribution in [0.15, 0.2) is 35.4 Å². The summed E-state index contributed by atoms with van der Waals surface area (Å²) in [5.74, 6) is 0.127. The van der Waals surface area contributed by atoms with E-state index < -0.39 is 11.4 Å². The zero-order valence-corrected chi connectivity index (χ0v) is 18.9. The first-order chi connectivity index (χ1) is 15.8. The third kappa shape index (κ3) is 5.54. The lowest BCUT2D eigenvalue weighted by atomic mass is 10.1. The first-order valence-corrected chi connectivity index (χ1v) is 11.0.